The third-order valence-electron chi connectivity index (χ3n) is 4.72. The minimum absolute atomic E-state index is 0.00414. The minimum atomic E-state index is -0.00414. The van der Waals surface area contributed by atoms with Crippen molar-refractivity contribution >= 4 is 5.91 Å². The molecule has 1 saturated heterocycles. The quantitative estimate of drug-likeness (QED) is 0.845. The normalized spacial score (nSPS) is 17.2. The molecule has 1 amide bonds. The number of hydrogen-bond acceptors (Lipinski definition) is 5. The minimum Gasteiger partial charge on any atom is -0.486 e. The average molecular weight is 354 g/mol. The molecule has 1 aromatic heterocycles. The van der Waals surface area contributed by atoms with Gasteiger partial charge in [0.05, 0.1) is 24.0 Å². The number of hydrogen-bond donors (Lipinski definition) is 0. The SMILES string of the molecule is O=C(c1cccc2c1OCCO2)N1CCC(OCc2ccccn2)CC1. The van der Waals surface area contributed by atoms with Gasteiger partial charge < -0.3 is 19.1 Å². The van der Waals surface area contributed by atoms with Crippen molar-refractivity contribution in [2.45, 2.75) is 25.6 Å². The van der Waals surface area contributed by atoms with Crippen molar-refractivity contribution < 1.29 is 19.0 Å². The third-order valence-corrected chi connectivity index (χ3v) is 4.72. The van der Waals surface area contributed by atoms with Crippen LogP contribution in [0.3, 0.4) is 0 Å². The molecule has 4 rings (SSSR count). The van der Waals surface area contributed by atoms with Crippen LogP contribution in [0.15, 0.2) is 42.6 Å². The highest BCUT2D eigenvalue weighted by Gasteiger charge is 2.28. The Balaban J connectivity index is 1.34. The van der Waals surface area contributed by atoms with Crippen LogP contribution < -0.4 is 9.47 Å². The van der Waals surface area contributed by atoms with Crippen LogP contribution in [0.1, 0.15) is 28.9 Å². The van der Waals surface area contributed by atoms with E-state index in [0.29, 0.717) is 50.0 Å². The highest BCUT2D eigenvalue weighted by Crippen LogP contribution is 2.34. The van der Waals surface area contributed by atoms with Crippen LogP contribution in [0, 0.1) is 0 Å². The van der Waals surface area contributed by atoms with Gasteiger partial charge in [0.2, 0.25) is 0 Å². The standard InChI is InChI=1S/C20H22N2O4/c23-20(17-5-3-6-18-19(17)25-13-12-24-18)22-10-7-16(8-11-22)26-14-15-4-1-2-9-21-15/h1-6,9,16H,7-8,10-14H2. The first-order valence-corrected chi connectivity index (χ1v) is 9.00. The third kappa shape index (κ3) is 3.65. The van der Waals surface area contributed by atoms with Crippen LogP contribution in [0.5, 0.6) is 11.5 Å². The number of benzene rings is 1. The summed E-state index contributed by atoms with van der Waals surface area (Å²) < 4.78 is 17.2. The zero-order valence-electron chi connectivity index (χ0n) is 14.6. The maximum atomic E-state index is 12.9. The van der Waals surface area contributed by atoms with Gasteiger partial charge in [0.25, 0.3) is 5.91 Å². The predicted molar refractivity (Wildman–Crippen MR) is 95.4 cm³/mol. The van der Waals surface area contributed by atoms with Crippen LogP contribution in [0.4, 0.5) is 0 Å². The van der Waals surface area contributed by atoms with Gasteiger partial charge in [-0.3, -0.25) is 9.78 Å². The maximum absolute atomic E-state index is 12.9. The Bertz CT molecular complexity index is 758. The van der Waals surface area contributed by atoms with Gasteiger partial charge in [-0.15, -0.1) is 0 Å². The molecule has 2 aliphatic heterocycles. The van der Waals surface area contributed by atoms with E-state index in [4.69, 9.17) is 14.2 Å². The fraction of sp³-hybridized carbons (Fsp3) is 0.400. The van der Waals surface area contributed by atoms with Gasteiger partial charge in [-0.05, 0) is 37.1 Å². The summed E-state index contributed by atoms with van der Waals surface area (Å²) in [6.07, 6.45) is 3.58. The predicted octanol–water partition coefficient (Wildman–Crippen LogP) is 2.67. The summed E-state index contributed by atoms with van der Waals surface area (Å²) >= 11 is 0. The Hall–Kier alpha value is -2.60. The van der Waals surface area contributed by atoms with E-state index in [2.05, 4.69) is 4.98 Å². The average Bonchev–Trinajstić information content (AvgIpc) is 2.72. The summed E-state index contributed by atoms with van der Waals surface area (Å²) in [5.41, 5.74) is 1.51. The number of carbonyl (C=O) groups excluding carboxylic acids is 1. The first-order chi connectivity index (χ1) is 12.8. The van der Waals surface area contributed by atoms with Gasteiger partial charge in [0, 0.05) is 19.3 Å². The maximum Gasteiger partial charge on any atom is 0.257 e. The molecule has 0 bridgehead atoms. The molecule has 0 aliphatic carbocycles. The lowest BCUT2D eigenvalue weighted by molar-refractivity contribution is -0.00172. The van der Waals surface area contributed by atoms with E-state index in [1.807, 2.05) is 35.2 Å². The van der Waals surface area contributed by atoms with Gasteiger partial charge in [0.15, 0.2) is 11.5 Å². The zero-order valence-corrected chi connectivity index (χ0v) is 14.6. The van der Waals surface area contributed by atoms with Crippen LogP contribution in [0.2, 0.25) is 0 Å². The van der Waals surface area contributed by atoms with Crippen molar-refractivity contribution in [2.24, 2.45) is 0 Å². The monoisotopic (exact) mass is 354 g/mol. The first-order valence-electron chi connectivity index (χ1n) is 9.00. The molecule has 0 spiro atoms. The molecule has 2 aliphatic rings. The highest BCUT2D eigenvalue weighted by molar-refractivity contribution is 5.98. The van der Waals surface area contributed by atoms with Crippen LogP contribution in [-0.4, -0.2) is 48.2 Å². The van der Waals surface area contributed by atoms with Crippen LogP contribution in [0.25, 0.3) is 0 Å². The number of pyridine rings is 1. The Labute approximate surface area is 152 Å². The number of amides is 1. The Morgan fingerprint density at radius 1 is 1.12 bits per heavy atom. The van der Waals surface area contributed by atoms with Crippen molar-refractivity contribution in [3.05, 3.63) is 53.9 Å². The number of fused-ring (bicyclic) bond motifs is 1. The van der Waals surface area contributed by atoms with Gasteiger partial charge >= 0.3 is 0 Å². The number of likely N-dealkylation sites (tertiary alicyclic amines) is 1. The van der Waals surface area contributed by atoms with Crippen molar-refractivity contribution in [1.82, 2.24) is 9.88 Å². The lowest BCUT2D eigenvalue weighted by Gasteiger charge is -2.32. The van der Waals surface area contributed by atoms with Crippen molar-refractivity contribution in [3.8, 4) is 11.5 Å². The highest BCUT2D eigenvalue weighted by atomic mass is 16.6. The molecule has 0 unspecified atom stereocenters. The van der Waals surface area contributed by atoms with E-state index in [-0.39, 0.29) is 12.0 Å². The molecule has 1 aromatic carbocycles. The number of ether oxygens (including phenoxy) is 3. The van der Waals surface area contributed by atoms with Gasteiger partial charge in [-0.25, -0.2) is 0 Å². The topological polar surface area (TPSA) is 60.9 Å². The second kappa shape index (κ2) is 7.74. The number of para-hydroxylation sites is 1. The zero-order chi connectivity index (χ0) is 17.8. The summed E-state index contributed by atoms with van der Waals surface area (Å²) in [6, 6.07) is 11.3. The van der Waals surface area contributed by atoms with Crippen LogP contribution >= 0.6 is 0 Å². The molecule has 6 heteroatoms. The summed E-state index contributed by atoms with van der Waals surface area (Å²) in [7, 11) is 0. The van der Waals surface area contributed by atoms with E-state index in [1.165, 1.54) is 0 Å². The number of rotatable bonds is 4. The second-order valence-corrected chi connectivity index (χ2v) is 6.45. The lowest BCUT2D eigenvalue weighted by atomic mass is 10.1. The Morgan fingerprint density at radius 3 is 2.77 bits per heavy atom. The number of nitrogens with zero attached hydrogens (tertiary/aromatic N) is 2. The number of piperidine rings is 1. The summed E-state index contributed by atoms with van der Waals surface area (Å²) in [5, 5.41) is 0. The van der Waals surface area contributed by atoms with E-state index in [9.17, 15) is 4.79 Å². The lowest BCUT2D eigenvalue weighted by Crippen LogP contribution is -2.41. The molecule has 3 heterocycles. The van der Waals surface area contributed by atoms with Gasteiger partial charge in [0.1, 0.15) is 13.2 Å². The molecule has 0 saturated carbocycles. The van der Waals surface area contributed by atoms with E-state index >= 15 is 0 Å². The molecule has 1 fully saturated rings. The summed E-state index contributed by atoms with van der Waals surface area (Å²) in [4.78, 5) is 19.0. The largest absolute Gasteiger partial charge is 0.486 e. The summed E-state index contributed by atoms with van der Waals surface area (Å²) in [6.45, 7) is 2.85. The smallest absolute Gasteiger partial charge is 0.257 e. The molecule has 0 N–H and O–H groups in total. The molecular formula is C20H22N2O4. The number of aromatic nitrogens is 1. The van der Waals surface area contributed by atoms with E-state index < -0.39 is 0 Å². The molecule has 2 aromatic rings. The second-order valence-electron chi connectivity index (χ2n) is 6.45. The summed E-state index contributed by atoms with van der Waals surface area (Å²) in [5.74, 6) is 1.21. The van der Waals surface area contributed by atoms with Crippen molar-refractivity contribution in [2.75, 3.05) is 26.3 Å². The van der Waals surface area contributed by atoms with Crippen molar-refractivity contribution in [3.63, 3.8) is 0 Å². The fourth-order valence-corrected chi connectivity index (χ4v) is 3.32. The van der Waals surface area contributed by atoms with Gasteiger partial charge in [-0.2, -0.15) is 0 Å². The molecule has 136 valence electrons. The molecule has 6 nitrogen and oxygen atoms in total. The van der Waals surface area contributed by atoms with Crippen molar-refractivity contribution in [1.29, 1.82) is 0 Å². The molecular weight excluding hydrogens is 332 g/mol. The molecule has 0 radical (unpaired) electrons. The Kier molecular flexibility index (Phi) is 5.02. The fourth-order valence-electron chi connectivity index (χ4n) is 3.32. The molecule has 26 heavy (non-hydrogen) atoms. The first kappa shape index (κ1) is 16.8. The number of carbonyl (C=O) groups is 1. The molecule has 0 atom stereocenters. The van der Waals surface area contributed by atoms with E-state index in [0.717, 1.165) is 18.5 Å². The van der Waals surface area contributed by atoms with Gasteiger partial charge in [-0.1, -0.05) is 12.1 Å². The van der Waals surface area contributed by atoms with E-state index in [1.54, 1.807) is 12.3 Å². The van der Waals surface area contributed by atoms with Crippen LogP contribution in [-0.2, 0) is 11.3 Å². The Morgan fingerprint density at radius 2 is 1.96 bits per heavy atom.